The van der Waals surface area contributed by atoms with Gasteiger partial charge in [-0.25, -0.2) is 28.8 Å². The Morgan fingerprint density at radius 3 is 1.22 bits per heavy atom. The first-order valence-electron chi connectivity index (χ1n) is 14.9. The van der Waals surface area contributed by atoms with Crippen LogP contribution in [0.15, 0.2) is 25.3 Å². The second-order valence-electron chi connectivity index (χ2n) is 9.37. The van der Waals surface area contributed by atoms with Gasteiger partial charge in [0.15, 0.2) is 0 Å². The van der Waals surface area contributed by atoms with Gasteiger partial charge in [0.1, 0.15) is 39.1 Å². The Balaban J connectivity index is 3.57. The first kappa shape index (κ1) is 40.5. The zero-order valence-corrected chi connectivity index (χ0v) is 26.1. The minimum absolute atomic E-state index is 0.0392. The fraction of sp³-hybridized carbons (Fsp3) is 0.655. The average molecular weight is 645 g/mol. The lowest BCUT2D eigenvalue weighted by atomic mass is 10.2. The van der Waals surface area contributed by atoms with Crippen LogP contribution in [-0.4, -0.2) is 102 Å². The molecule has 0 saturated carbocycles. The molecule has 0 aromatic rings. The van der Waals surface area contributed by atoms with Crippen molar-refractivity contribution in [2.24, 2.45) is 0 Å². The number of rotatable bonds is 25. The van der Waals surface area contributed by atoms with Crippen LogP contribution in [0.4, 0.5) is 19.2 Å². The molecule has 0 aromatic carbocycles. The van der Waals surface area contributed by atoms with Crippen LogP contribution in [0.5, 0.6) is 0 Å². The van der Waals surface area contributed by atoms with E-state index in [0.717, 1.165) is 63.5 Å². The number of hydrogen-bond donors (Lipinski definition) is 4. The molecule has 1 unspecified atom stereocenters. The molecule has 0 heterocycles. The molecule has 0 bridgehead atoms. The zero-order valence-electron chi connectivity index (χ0n) is 26.1. The van der Waals surface area contributed by atoms with Gasteiger partial charge in [-0.3, -0.25) is 0 Å². The van der Waals surface area contributed by atoms with Crippen molar-refractivity contribution in [1.82, 2.24) is 21.3 Å². The van der Waals surface area contributed by atoms with Gasteiger partial charge in [-0.2, -0.15) is 0 Å². The molecule has 4 N–H and O–H groups in total. The van der Waals surface area contributed by atoms with Crippen molar-refractivity contribution in [3.63, 3.8) is 0 Å². The van der Waals surface area contributed by atoms with E-state index >= 15 is 0 Å². The summed E-state index contributed by atoms with van der Waals surface area (Å²) in [5.41, 5.74) is 0. The minimum atomic E-state index is -0.628. The number of esters is 2. The molecule has 4 amide bonds. The molecule has 0 radical (unpaired) electrons. The van der Waals surface area contributed by atoms with Gasteiger partial charge >= 0.3 is 36.3 Å². The Morgan fingerprint density at radius 2 is 0.844 bits per heavy atom. The predicted molar refractivity (Wildman–Crippen MR) is 161 cm³/mol. The van der Waals surface area contributed by atoms with Crippen molar-refractivity contribution in [3.05, 3.63) is 25.3 Å². The maximum Gasteiger partial charge on any atom is 0.407 e. The number of carbonyl (C=O) groups excluding carboxylic acids is 6. The highest BCUT2D eigenvalue weighted by atomic mass is 16.6. The Morgan fingerprint density at radius 1 is 0.511 bits per heavy atom. The molecule has 0 aliphatic heterocycles. The summed E-state index contributed by atoms with van der Waals surface area (Å²) in [7, 11) is 0. The standard InChI is InChI=1S/C29H48N4O12/c1-4-24(34)40-18-20-42-26(36)30-14-10-6-7-12-16-32-28(38)44-22-23(3)45-29(39)33-17-13-9-8-11-15-31-27(37)43-21-19-41-25(35)5-2/h4-5,23H,1-2,6-22H2,3H3,(H,30,36)(H,31,37)(H,32,38)(H,33,39). The molecule has 0 fully saturated rings. The molecule has 0 spiro atoms. The summed E-state index contributed by atoms with van der Waals surface area (Å²) in [6, 6.07) is 0. The topological polar surface area (TPSA) is 206 Å². The van der Waals surface area contributed by atoms with Gasteiger partial charge in [-0.15, -0.1) is 0 Å². The fourth-order valence-corrected chi connectivity index (χ4v) is 3.24. The third-order valence-electron chi connectivity index (χ3n) is 5.50. The van der Waals surface area contributed by atoms with Crippen LogP contribution in [0.3, 0.4) is 0 Å². The molecule has 45 heavy (non-hydrogen) atoms. The van der Waals surface area contributed by atoms with Crippen molar-refractivity contribution in [2.75, 3.05) is 59.2 Å². The lowest BCUT2D eigenvalue weighted by Gasteiger charge is -2.14. The van der Waals surface area contributed by atoms with Gasteiger partial charge < -0.3 is 49.7 Å². The SMILES string of the molecule is C=CC(=O)OCCOC(=O)NCCCCCCNC(=O)OCC(C)OC(=O)NCCCCCCNC(=O)OCCOC(=O)C=C. The average Bonchev–Trinajstić information content (AvgIpc) is 3.02. The van der Waals surface area contributed by atoms with Gasteiger partial charge in [0.25, 0.3) is 0 Å². The smallest absolute Gasteiger partial charge is 0.407 e. The number of amides is 4. The molecular weight excluding hydrogens is 596 g/mol. The molecule has 0 aliphatic rings. The summed E-state index contributed by atoms with van der Waals surface area (Å²) >= 11 is 0. The number of ether oxygens (including phenoxy) is 6. The lowest BCUT2D eigenvalue weighted by Crippen LogP contribution is -2.33. The summed E-state index contributed by atoms with van der Waals surface area (Å²) in [6.07, 6.45) is 5.28. The van der Waals surface area contributed by atoms with Crippen molar-refractivity contribution < 1.29 is 57.2 Å². The van der Waals surface area contributed by atoms with Crippen LogP contribution in [-0.2, 0) is 38.0 Å². The second-order valence-corrected chi connectivity index (χ2v) is 9.37. The van der Waals surface area contributed by atoms with E-state index in [-0.39, 0.29) is 33.0 Å². The van der Waals surface area contributed by atoms with Gasteiger partial charge in [-0.1, -0.05) is 38.8 Å². The molecule has 0 saturated heterocycles. The van der Waals surface area contributed by atoms with Gasteiger partial charge in [0, 0.05) is 38.3 Å². The Hall–Kier alpha value is -4.50. The number of carbonyl (C=O) groups is 6. The molecule has 16 heteroatoms. The van der Waals surface area contributed by atoms with Crippen molar-refractivity contribution in [1.29, 1.82) is 0 Å². The number of unbranched alkanes of at least 4 members (excludes halogenated alkanes) is 6. The van der Waals surface area contributed by atoms with E-state index in [1.807, 2.05) is 0 Å². The van der Waals surface area contributed by atoms with E-state index in [1.54, 1.807) is 6.92 Å². The summed E-state index contributed by atoms with van der Waals surface area (Å²) in [5.74, 6) is -1.16. The molecule has 256 valence electrons. The van der Waals surface area contributed by atoms with Crippen molar-refractivity contribution in [2.45, 2.75) is 64.4 Å². The first-order valence-corrected chi connectivity index (χ1v) is 14.9. The van der Waals surface area contributed by atoms with E-state index in [1.165, 1.54) is 0 Å². The van der Waals surface area contributed by atoms with Crippen LogP contribution in [0.1, 0.15) is 58.3 Å². The highest BCUT2D eigenvalue weighted by molar-refractivity contribution is 5.81. The first-order chi connectivity index (χ1) is 21.7. The lowest BCUT2D eigenvalue weighted by molar-refractivity contribution is -0.139. The summed E-state index contributed by atoms with van der Waals surface area (Å²) in [5, 5.41) is 10.5. The number of nitrogens with one attached hydrogen (secondary N) is 4. The largest absolute Gasteiger partial charge is 0.459 e. The maximum absolute atomic E-state index is 11.9. The Labute approximate surface area is 263 Å². The van der Waals surface area contributed by atoms with E-state index in [4.69, 9.17) is 18.9 Å². The molecule has 0 aliphatic carbocycles. The molecule has 0 rings (SSSR count). The quantitative estimate of drug-likeness (QED) is 0.0490. The highest BCUT2D eigenvalue weighted by Gasteiger charge is 2.12. The van der Waals surface area contributed by atoms with Crippen LogP contribution >= 0.6 is 0 Å². The van der Waals surface area contributed by atoms with Crippen molar-refractivity contribution in [3.8, 4) is 0 Å². The van der Waals surface area contributed by atoms with E-state index in [2.05, 4.69) is 43.9 Å². The number of hydrogen-bond acceptors (Lipinski definition) is 12. The summed E-state index contributed by atoms with van der Waals surface area (Å²) < 4.78 is 29.3. The zero-order chi connectivity index (χ0) is 33.5. The normalized spacial score (nSPS) is 10.7. The monoisotopic (exact) mass is 644 g/mol. The Bertz CT molecular complexity index is 916. The van der Waals surface area contributed by atoms with Crippen LogP contribution in [0, 0.1) is 0 Å². The van der Waals surface area contributed by atoms with E-state index in [9.17, 15) is 28.8 Å². The van der Waals surface area contributed by atoms with Crippen molar-refractivity contribution >= 4 is 36.3 Å². The van der Waals surface area contributed by atoms with E-state index in [0.29, 0.717) is 26.2 Å². The molecular formula is C29H48N4O12. The summed E-state index contributed by atoms with van der Waals surface area (Å²) in [6.45, 7) is 9.57. The van der Waals surface area contributed by atoms with Gasteiger partial charge in [0.2, 0.25) is 0 Å². The summed E-state index contributed by atoms with van der Waals surface area (Å²) in [4.78, 5) is 68.4. The van der Waals surface area contributed by atoms with Crippen LogP contribution < -0.4 is 21.3 Å². The molecule has 0 aromatic heterocycles. The number of alkyl carbamates (subject to hydrolysis) is 4. The highest BCUT2D eigenvalue weighted by Crippen LogP contribution is 2.00. The predicted octanol–water partition coefficient (Wildman–Crippen LogP) is 2.86. The molecule has 16 nitrogen and oxygen atoms in total. The van der Waals surface area contributed by atoms with Gasteiger partial charge in [-0.05, 0) is 32.6 Å². The minimum Gasteiger partial charge on any atom is -0.459 e. The Kier molecular flexibility index (Phi) is 25.5. The molecule has 1 atom stereocenters. The third kappa shape index (κ3) is 28.1. The fourth-order valence-electron chi connectivity index (χ4n) is 3.24. The maximum atomic E-state index is 11.9. The van der Waals surface area contributed by atoms with E-state index < -0.39 is 42.4 Å². The van der Waals surface area contributed by atoms with Gasteiger partial charge in [0.05, 0.1) is 0 Å². The second kappa shape index (κ2) is 28.3. The van der Waals surface area contributed by atoms with Crippen LogP contribution in [0.2, 0.25) is 0 Å². The third-order valence-corrected chi connectivity index (χ3v) is 5.50. The van der Waals surface area contributed by atoms with Crippen LogP contribution in [0.25, 0.3) is 0 Å².